The number of nitrogens with one attached hydrogen (secondary N) is 3. The molecule has 1 saturated carbocycles. The lowest BCUT2D eigenvalue weighted by molar-refractivity contribution is -0.150. The second kappa shape index (κ2) is 11.5. The molecule has 14 heteroatoms. The first-order chi connectivity index (χ1) is 18.3. The third-order valence-electron chi connectivity index (χ3n) is 7.20. The molecule has 3 atom stereocenters. The Morgan fingerprint density at radius 3 is 2.49 bits per heavy atom. The van der Waals surface area contributed by atoms with Gasteiger partial charge in [-0.2, -0.15) is 13.2 Å². The summed E-state index contributed by atoms with van der Waals surface area (Å²) in [6.45, 7) is 5.05. The average Bonchev–Trinajstić information content (AvgIpc) is 3.46. The van der Waals surface area contributed by atoms with Crippen LogP contribution in [0.4, 0.5) is 27.8 Å². The summed E-state index contributed by atoms with van der Waals surface area (Å²) in [5, 5.41) is 16.4. The van der Waals surface area contributed by atoms with Gasteiger partial charge in [-0.3, -0.25) is 9.59 Å². The number of amides is 2. The zero-order chi connectivity index (χ0) is 28.6. The van der Waals surface area contributed by atoms with Crippen LogP contribution >= 0.6 is 11.8 Å². The predicted octanol–water partition coefficient (Wildman–Crippen LogP) is 4.00. The second-order valence-corrected chi connectivity index (χ2v) is 11.6. The summed E-state index contributed by atoms with van der Waals surface area (Å²) < 4.78 is 69.0. The largest absolute Gasteiger partial charge is 0.408 e. The number of nitrogens with zero attached hydrogens (tertiary/aromatic N) is 2. The molecule has 1 aromatic heterocycles. The summed E-state index contributed by atoms with van der Waals surface area (Å²) >= 11 is 0.879. The van der Waals surface area contributed by atoms with Crippen molar-refractivity contribution in [3.63, 3.8) is 0 Å². The number of hydrogen-bond donors (Lipinski definition) is 4. The number of halogens is 5. The standard InChI is InChI=1S/C25H32F5N5O3S/c1-11(2)20(25(28,29)30)33-17-9-15(21(26)27)16(10-31-17)19-18(24(38)35-6-4-5-12(35)3)34-23(39-19)22(37)32-13-7-14(36)8-13/h9-14,20-21,23,34,36H,4-8H2,1-3H3,(H,31,33)(H,32,37)/t12-,13-,14-,20+,23?/m0/s1. The van der Waals surface area contributed by atoms with E-state index < -0.39 is 53.4 Å². The fourth-order valence-corrected chi connectivity index (χ4v) is 6.10. The Hall–Kier alpha value is -2.61. The number of carbonyl (C=O) groups excluding carboxylic acids is 2. The summed E-state index contributed by atoms with van der Waals surface area (Å²) in [4.78, 5) is 32.1. The molecule has 2 amide bonds. The Morgan fingerprint density at radius 1 is 1.26 bits per heavy atom. The minimum Gasteiger partial charge on any atom is -0.393 e. The SMILES string of the molecule is CC(C)[C@@H](Nc1cc(C(F)F)c(C2=C(C(=O)N3CCC[C@@H]3C)NC(C(=O)N[C@H]3C[C@H](O)C3)S2)cn1)C(F)(F)F. The highest BCUT2D eigenvalue weighted by Gasteiger charge is 2.43. The van der Waals surface area contributed by atoms with Gasteiger partial charge in [-0.1, -0.05) is 25.6 Å². The van der Waals surface area contributed by atoms with Gasteiger partial charge in [0.15, 0.2) is 5.37 Å². The quantitative estimate of drug-likeness (QED) is 0.346. The molecule has 3 heterocycles. The normalized spacial score (nSPS) is 26.1. The van der Waals surface area contributed by atoms with Crippen LogP contribution in [0.25, 0.3) is 4.91 Å². The van der Waals surface area contributed by atoms with Crippen LogP contribution in [0, 0.1) is 5.92 Å². The van der Waals surface area contributed by atoms with Crippen molar-refractivity contribution in [2.24, 2.45) is 5.92 Å². The summed E-state index contributed by atoms with van der Waals surface area (Å²) in [7, 11) is 0. The van der Waals surface area contributed by atoms with Crippen molar-refractivity contribution in [1.82, 2.24) is 20.5 Å². The summed E-state index contributed by atoms with van der Waals surface area (Å²) in [6.07, 6.45) is -4.87. The number of thioether (sulfide) groups is 1. The minimum atomic E-state index is -4.63. The Balaban J connectivity index is 1.67. The Kier molecular flexibility index (Phi) is 8.64. The average molecular weight is 578 g/mol. The molecular weight excluding hydrogens is 545 g/mol. The molecule has 0 radical (unpaired) electrons. The summed E-state index contributed by atoms with van der Waals surface area (Å²) in [6, 6.07) is -1.46. The van der Waals surface area contributed by atoms with Crippen molar-refractivity contribution >= 4 is 34.3 Å². The van der Waals surface area contributed by atoms with Crippen LogP contribution in [0.3, 0.4) is 0 Å². The molecule has 39 heavy (non-hydrogen) atoms. The predicted molar refractivity (Wildman–Crippen MR) is 137 cm³/mol. The van der Waals surface area contributed by atoms with Gasteiger partial charge in [0.05, 0.1) is 6.10 Å². The summed E-state index contributed by atoms with van der Waals surface area (Å²) in [5.41, 5.74) is -0.766. The van der Waals surface area contributed by atoms with Gasteiger partial charge in [0, 0.05) is 40.9 Å². The van der Waals surface area contributed by atoms with Crippen LogP contribution in [0.15, 0.2) is 18.0 Å². The maximum atomic E-state index is 14.3. The monoisotopic (exact) mass is 577 g/mol. The molecule has 1 saturated heterocycles. The highest BCUT2D eigenvalue weighted by Crippen LogP contribution is 2.43. The number of pyridine rings is 1. The minimum absolute atomic E-state index is 0.0256. The molecule has 2 fully saturated rings. The molecule has 4 N–H and O–H groups in total. The van der Waals surface area contributed by atoms with Crippen LogP contribution in [-0.2, 0) is 9.59 Å². The van der Waals surface area contributed by atoms with Gasteiger partial charge in [-0.25, -0.2) is 13.8 Å². The van der Waals surface area contributed by atoms with E-state index in [9.17, 15) is 36.6 Å². The fourth-order valence-electron chi connectivity index (χ4n) is 4.95. The molecule has 0 bridgehead atoms. The van der Waals surface area contributed by atoms with Gasteiger partial charge in [-0.05, 0) is 44.6 Å². The zero-order valence-corrected chi connectivity index (χ0v) is 22.5. The molecule has 1 aromatic rings. The number of rotatable bonds is 8. The van der Waals surface area contributed by atoms with Gasteiger partial charge in [0.2, 0.25) is 0 Å². The first-order valence-corrected chi connectivity index (χ1v) is 13.7. The maximum absolute atomic E-state index is 14.3. The van der Waals surface area contributed by atoms with E-state index in [-0.39, 0.29) is 34.1 Å². The van der Waals surface area contributed by atoms with E-state index in [1.165, 1.54) is 13.8 Å². The van der Waals surface area contributed by atoms with Crippen molar-refractivity contribution in [2.75, 3.05) is 11.9 Å². The zero-order valence-electron chi connectivity index (χ0n) is 21.7. The third-order valence-corrected chi connectivity index (χ3v) is 8.43. The summed E-state index contributed by atoms with van der Waals surface area (Å²) in [5.74, 6) is -2.18. The van der Waals surface area contributed by atoms with E-state index in [1.54, 1.807) is 4.90 Å². The van der Waals surface area contributed by atoms with E-state index in [0.29, 0.717) is 19.4 Å². The van der Waals surface area contributed by atoms with Crippen molar-refractivity contribution in [2.45, 2.75) is 88.7 Å². The van der Waals surface area contributed by atoms with Crippen molar-refractivity contribution in [1.29, 1.82) is 0 Å². The van der Waals surface area contributed by atoms with Crippen LogP contribution in [0.1, 0.15) is 64.0 Å². The number of hydrogen-bond acceptors (Lipinski definition) is 7. The molecule has 1 unspecified atom stereocenters. The Bertz CT molecular complexity index is 1130. The Labute approximate surface area is 227 Å². The topological polar surface area (TPSA) is 107 Å². The van der Waals surface area contributed by atoms with Gasteiger partial charge >= 0.3 is 6.18 Å². The lowest BCUT2D eigenvalue weighted by Crippen LogP contribution is -2.51. The van der Waals surface area contributed by atoms with E-state index in [4.69, 9.17) is 0 Å². The first kappa shape index (κ1) is 29.4. The highest BCUT2D eigenvalue weighted by molar-refractivity contribution is 8.09. The molecule has 216 valence electrons. The maximum Gasteiger partial charge on any atom is 0.408 e. The highest BCUT2D eigenvalue weighted by atomic mass is 32.2. The van der Waals surface area contributed by atoms with E-state index in [2.05, 4.69) is 20.9 Å². The smallest absolute Gasteiger partial charge is 0.393 e. The van der Waals surface area contributed by atoms with E-state index in [1.807, 2.05) is 6.92 Å². The number of anilines is 1. The third kappa shape index (κ3) is 6.42. The van der Waals surface area contributed by atoms with Crippen molar-refractivity contribution < 1.29 is 36.6 Å². The fraction of sp³-hybridized carbons (Fsp3) is 0.640. The molecule has 4 rings (SSSR count). The van der Waals surface area contributed by atoms with Crippen LogP contribution in [0.5, 0.6) is 0 Å². The van der Waals surface area contributed by atoms with Gasteiger partial charge in [0.25, 0.3) is 18.2 Å². The second-order valence-electron chi connectivity index (χ2n) is 10.5. The number of aliphatic hydroxyl groups is 1. The van der Waals surface area contributed by atoms with Crippen LogP contribution in [-0.4, -0.2) is 69.1 Å². The first-order valence-electron chi connectivity index (χ1n) is 12.8. The molecule has 8 nitrogen and oxygen atoms in total. The number of carbonyl (C=O) groups is 2. The van der Waals surface area contributed by atoms with Crippen LogP contribution < -0.4 is 16.0 Å². The van der Waals surface area contributed by atoms with E-state index in [0.717, 1.165) is 36.9 Å². The van der Waals surface area contributed by atoms with Gasteiger partial charge < -0.3 is 26.0 Å². The molecule has 0 aromatic carbocycles. The molecule has 0 spiro atoms. The molecule has 2 aliphatic heterocycles. The number of likely N-dealkylation sites (tertiary alicyclic amines) is 1. The molecule has 1 aliphatic carbocycles. The lowest BCUT2D eigenvalue weighted by atomic mass is 9.89. The number of alkyl halides is 5. The van der Waals surface area contributed by atoms with Gasteiger partial charge in [-0.15, -0.1) is 0 Å². The molecular formula is C25H32F5N5O3S. The van der Waals surface area contributed by atoms with Gasteiger partial charge in [0.1, 0.15) is 17.6 Å². The number of aliphatic hydroxyl groups excluding tert-OH is 1. The molecule has 3 aliphatic rings. The lowest BCUT2D eigenvalue weighted by Gasteiger charge is -2.32. The van der Waals surface area contributed by atoms with Crippen LogP contribution in [0.2, 0.25) is 0 Å². The van der Waals surface area contributed by atoms with Crippen molar-refractivity contribution in [3.8, 4) is 0 Å². The van der Waals surface area contributed by atoms with E-state index >= 15 is 0 Å². The van der Waals surface area contributed by atoms with Crippen molar-refractivity contribution in [3.05, 3.63) is 29.1 Å². The Morgan fingerprint density at radius 2 is 1.95 bits per heavy atom. The number of aromatic nitrogens is 1.